The van der Waals surface area contributed by atoms with E-state index in [4.69, 9.17) is 19.9 Å². The lowest BCUT2D eigenvalue weighted by Crippen LogP contribution is -2.19. The lowest BCUT2D eigenvalue weighted by atomic mass is 9.83. The zero-order chi connectivity index (χ0) is 20.4. The van der Waals surface area contributed by atoms with Gasteiger partial charge in [-0.05, 0) is 65.5 Å². The number of rotatable bonds is 4. The molecule has 0 radical (unpaired) electrons. The number of allylic oxidation sites excluding steroid dienone is 3. The van der Waals surface area contributed by atoms with Gasteiger partial charge in [0, 0.05) is 5.92 Å². The number of benzene rings is 2. The van der Waals surface area contributed by atoms with Crippen molar-refractivity contribution < 1.29 is 14.2 Å². The van der Waals surface area contributed by atoms with Crippen molar-refractivity contribution in [3.05, 3.63) is 88.0 Å². The second kappa shape index (κ2) is 7.76. The highest BCUT2D eigenvalue weighted by molar-refractivity contribution is 5.64. The average molecular weight is 386 g/mol. The maximum atomic E-state index is 9.72. The van der Waals surface area contributed by atoms with Gasteiger partial charge >= 0.3 is 0 Å². The van der Waals surface area contributed by atoms with Crippen LogP contribution in [-0.2, 0) is 4.74 Å². The zero-order valence-electron chi connectivity index (χ0n) is 16.4. The van der Waals surface area contributed by atoms with Gasteiger partial charge in [-0.15, -0.1) is 0 Å². The predicted molar refractivity (Wildman–Crippen MR) is 111 cm³/mol. The molecule has 5 heteroatoms. The molecule has 1 aliphatic carbocycles. The maximum absolute atomic E-state index is 9.72. The quantitative estimate of drug-likeness (QED) is 0.828. The molecule has 5 nitrogen and oxygen atoms in total. The first kappa shape index (κ1) is 18.7. The van der Waals surface area contributed by atoms with Crippen molar-refractivity contribution in [3.8, 4) is 17.6 Å². The van der Waals surface area contributed by atoms with Gasteiger partial charge < -0.3 is 19.9 Å². The molecule has 1 aliphatic heterocycles. The summed E-state index contributed by atoms with van der Waals surface area (Å²) in [6.45, 7) is 0. The van der Waals surface area contributed by atoms with Gasteiger partial charge in [-0.25, -0.2) is 0 Å². The van der Waals surface area contributed by atoms with Gasteiger partial charge in [-0.2, -0.15) is 5.26 Å². The molecular formula is C24H22N2O3. The standard InChI is InChI=1S/C24H22N2O3/c1-27-18-8-3-15(4-9-18)13-17-7-12-20-22(16-5-10-19(28-2)11-6-16)21(14-25)24(26)29-23(17)20/h3-6,8-11,13,22H,7,12,26H2,1-2H3/b17-13+/t22-/m1/s1. The highest BCUT2D eigenvalue weighted by atomic mass is 16.5. The normalized spacial score (nSPS) is 19.6. The fourth-order valence-electron chi connectivity index (χ4n) is 3.91. The van der Waals surface area contributed by atoms with Crippen molar-refractivity contribution in [3.63, 3.8) is 0 Å². The number of hydrogen-bond donors (Lipinski definition) is 1. The first-order valence-electron chi connectivity index (χ1n) is 9.44. The number of nitriles is 1. The van der Waals surface area contributed by atoms with Gasteiger partial charge in [-0.1, -0.05) is 24.3 Å². The van der Waals surface area contributed by atoms with Gasteiger partial charge in [0.25, 0.3) is 0 Å². The van der Waals surface area contributed by atoms with Crippen LogP contribution >= 0.6 is 0 Å². The first-order valence-corrected chi connectivity index (χ1v) is 9.44. The topological polar surface area (TPSA) is 77.5 Å². The van der Waals surface area contributed by atoms with Crippen LogP contribution < -0.4 is 15.2 Å². The molecule has 2 aromatic carbocycles. The minimum atomic E-state index is -0.198. The Bertz CT molecular complexity index is 1050. The summed E-state index contributed by atoms with van der Waals surface area (Å²) in [5.74, 6) is 2.36. The van der Waals surface area contributed by atoms with Gasteiger partial charge in [0.1, 0.15) is 28.9 Å². The summed E-state index contributed by atoms with van der Waals surface area (Å²) in [5, 5.41) is 9.72. The fourth-order valence-corrected chi connectivity index (χ4v) is 3.91. The van der Waals surface area contributed by atoms with Crippen LogP contribution in [0, 0.1) is 11.3 Å². The largest absolute Gasteiger partial charge is 0.497 e. The molecule has 0 saturated carbocycles. The van der Waals surface area contributed by atoms with Crippen LogP contribution in [0.4, 0.5) is 0 Å². The van der Waals surface area contributed by atoms with E-state index >= 15 is 0 Å². The van der Waals surface area contributed by atoms with Crippen molar-refractivity contribution in [2.24, 2.45) is 5.73 Å². The Balaban J connectivity index is 1.74. The van der Waals surface area contributed by atoms with E-state index in [0.29, 0.717) is 5.57 Å². The van der Waals surface area contributed by atoms with E-state index in [1.54, 1.807) is 14.2 Å². The van der Waals surface area contributed by atoms with E-state index < -0.39 is 0 Å². The molecule has 0 saturated heterocycles. The Morgan fingerprint density at radius 1 is 1.00 bits per heavy atom. The van der Waals surface area contributed by atoms with E-state index in [1.165, 1.54) is 0 Å². The Morgan fingerprint density at radius 3 is 2.21 bits per heavy atom. The SMILES string of the molecule is COc1ccc(/C=C2\CCC3=C2OC(N)=C(C#N)[C@@H]3c2ccc(OC)cc2)cc1. The lowest BCUT2D eigenvalue weighted by molar-refractivity contribution is 0.292. The minimum Gasteiger partial charge on any atom is -0.497 e. The van der Waals surface area contributed by atoms with E-state index in [-0.39, 0.29) is 11.8 Å². The summed E-state index contributed by atoms with van der Waals surface area (Å²) >= 11 is 0. The fraction of sp³-hybridized carbons (Fsp3) is 0.208. The number of methoxy groups -OCH3 is 2. The highest BCUT2D eigenvalue weighted by Crippen LogP contribution is 2.48. The summed E-state index contributed by atoms with van der Waals surface area (Å²) in [7, 11) is 3.29. The number of nitrogens with two attached hydrogens (primary N) is 1. The third-order valence-corrected chi connectivity index (χ3v) is 5.39. The Labute approximate surface area is 170 Å². The number of ether oxygens (including phenoxy) is 3. The number of hydrogen-bond acceptors (Lipinski definition) is 5. The maximum Gasteiger partial charge on any atom is 0.205 e. The third kappa shape index (κ3) is 3.45. The van der Waals surface area contributed by atoms with Gasteiger partial charge in [0.05, 0.1) is 14.2 Å². The molecular weight excluding hydrogens is 364 g/mol. The van der Waals surface area contributed by atoms with E-state index in [1.807, 2.05) is 48.5 Å². The lowest BCUT2D eigenvalue weighted by Gasteiger charge is -2.26. The molecule has 0 unspecified atom stereocenters. The van der Waals surface area contributed by atoms with Crippen molar-refractivity contribution in [2.75, 3.05) is 14.2 Å². The molecule has 0 aromatic heterocycles. The summed E-state index contributed by atoms with van der Waals surface area (Å²) in [5.41, 5.74) is 10.9. The molecule has 0 fully saturated rings. The third-order valence-electron chi connectivity index (χ3n) is 5.39. The summed E-state index contributed by atoms with van der Waals surface area (Å²) < 4.78 is 16.4. The molecule has 0 bridgehead atoms. The van der Waals surface area contributed by atoms with Crippen LogP contribution in [-0.4, -0.2) is 14.2 Å². The molecule has 0 amide bonds. The Morgan fingerprint density at radius 2 is 1.62 bits per heavy atom. The van der Waals surface area contributed by atoms with Gasteiger partial charge in [0.2, 0.25) is 5.88 Å². The van der Waals surface area contributed by atoms with Crippen LogP contribution in [0.15, 0.2) is 76.9 Å². The predicted octanol–water partition coefficient (Wildman–Crippen LogP) is 4.64. The molecule has 2 aliphatic rings. The van der Waals surface area contributed by atoms with Crippen LogP contribution in [0.1, 0.15) is 29.9 Å². The van der Waals surface area contributed by atoms with Crippen molar-refractivity contribution in [1.82, 2.24) is 0 Å². The first-order chi connectivity index (χ1) is 14.1. The molecule has 0 spiro atoms. The summed E-state index contributed by atoms with van der Waals surface area (Å²) in [6.07, 6.45) is 3.78. The number of nitrogens with zero attached hydrogens (tertiary/aromatic N) is 1. The Kier molecular flexibility index (Phi) is 5.01. The molecule has 29 heavy (non-hydrogen) atoms. The monoisotopic (exact) mass is 386 g/mol. The summed E-state index contributed by atoms with van der Waals surface area (Å²) in [4.78, 5) is 0. The molecule has 4 rings (SSSR count). The Hall–Kier alpha value is -3.65. The van der Waals surface area contributed by atoms with E-state index in [2.05, 4.69) is 12.1 Å². The molecule has 2 aromatic rings. The molecule has 1 atom stereocenters. The minimum absolute atomic E-state index is 0.176. The molecule has 2 N–H and O–H groups in total. The van der Waals surface area contributed by atoms with Crippen LogP contribution in [0.25, 0.3) is 6.08 Å². The van der Waals surface area contributed by atoms with E-state index in [9.17, 15) is 5.26 Å². The van der Waals surface area contributed by atoms with Gasteiger partial charge in [0.15, 0.2) is 0 Å². The van der Waals surface area contributed by atoms with Crippen LogP contribution in [0.3, 0.4) is 0 Å². The van der Waals surface area contributed by atoms with Crippen molar-refractivity contribution in [2.45, 2.75) is 18.8 Å². The van der Waals surface area contributed by atoms with Crippen LogP contribution in [0.5, 0.6) is 11.5 Å². The van der Waals surface area contributed by atoms with Crippen molar-refractivity contribution in [1.29, 1.82) is 5.26 Å². The second-order valence-electron chi connectivity index (χ2n) is 7.00. The smallest absolute Gasteiger partial charge is 0.205 e. The second-order valence-corrected chi connectivity index (χ2v) is 7.00. The molecule has 146 valence electrons. The van der Waals surface area contributed by atoms with Crippen molar-refractivity contribution >= 4 is 6.08 Å². The van der Waals surface area contributed by atoms with E-state index in [0.717, 1.165) is 52.4 Å². The summed E-state index contributed by atoms with van der Waals surface area (Å²) in [6, 6.07) is 17.9. The molecule has 1 heterocycles. The zero-order valence-corrected chi connectivity index (χ0v) is 16.4. The average Bonchev–Trinajstić information content (AvgIpc) is 3.15. The highest BCUT2D eigenvalue weighted by Gasteiger charge is 2.37. The van der Waals surface area contributed by atoms with Gasteiger partial charge in [-0.3, -0.25) is 0 Å². The van der Waals surface area contributed by atoms with Crippen LogP contribution in [0.2, 0.25) is 0 Å².